The average Bonchev–Trinajstić information content (AvgIpc) is 3.55. The normalized spacial score (nSPS) is 13.0. The predicted molar refractivity (Wildman–Crippen MR) is 148 cm³/mol. The van der Waals surface area contributed by atoms with Crippen LogP contribution in [-0.2, 0) is 14.1 Å². The maximum atomic E-state index is 2.41. The van der Waals surface area contributed by atoms with Gasteiger partial charge in [0.2, 0.25) is 0 Å². The molecule has 2 aromatic carbocycles. The quantitative estimate of drug-likeness (QED) is 0.202. The van der Waals surface area contributed by atoms with Gasteiger partial charge in [-0.1, -0.05) is 24.3 Å². The van der Waals surface area contributed by atoms with E-state index in [-0.39, 0.29) is 0 Å². The molecule has 0 unspecified atom stereocenters. The van der Waals surface area contributed by atoms with Gasteiger partial charge < -0.3 is 9.13 Å². The zero-order valence-electron chi connectivity index (χ0n) is 18.0. The van der Waals surface area contributed by atoms with Gasteiger partial charge in [0.1, 0.15) is 0 Å². The minimum absolute atomic E-state index is 1.32. The summed E-state index contributed by atoms with van der Waals surface area (Å²) < 4.78 is 16.5. The molecule has 32 heavy (non-hydrogen) atoms. The number of aromatic nitrogens is 2. The van der Waals surface area contributed by atoms with E-state index in [9.17, 15) is 0 Å². The lowest BCUT2D eigenvalue weighted by Crippen LogP contribution is -1.86. The van der Waals surface area contributed by atoms with Gasteiger partial charge in [-0.2, -0.15) is 0 Å². The van der Waals surface area contributed by atoms with E-state index < -0.39 is 0 Å². The van der Waals surface area contributed by atoms with E-state index in [2.05, 4.69) is 73.5 Å². The highest BCUT2D eigenvalue weighted by Gasteiger charge is 2.24. The molecule has 156 valence electrons. The first-order chi connectivity index (χ1) is 15.5. The minimum Gasteiger partial charge on any atom is -0.342 e. The van der Waals surface area contributed by atoms with E-state index in [1.165, 1.54) is 81.6 Å². The lowest BCUT2D eigenvalue weighted by molar-refractivity contribution is 1.02. The van der Waals surface area contributed by atoms with Gasteiger partial charge in [-0.05, 0) is 37.1 Å². The third kappa shape index (κ3) is 1.97. The van der Waals surface area contributed by atoms with Crippen LogP contribution < -0.4 is 0 Å². The highest BCUT2D eigenvalue weighted by atomic mass is 32.1. The summed E-state index contributed by atoms with van der Waals surface area (Å²) >= 11 is 7.98. The topological polar surface area (TPSA) is 9.86 Å². The van der Waals surface area contributed by atoms with Gasteiger partial charge in [0, 0.05) is 35.9 Å². The first-order valence-electron chi connectivity index (χ1n) is 10.6. The van der Waals surface area contributed by atoms with E-state index in [4.69, 9.17) is 0 Å². The molecule has 0 spiro atoms. The van der Waals surface area contributed by atoms with Crippen LogP contribution in [0.2, 0.25) is 0 Å². The first kappa shape index (κ1) is 18.1. The molecule has 0 aliphatic heterocycles. The fraction of sp³-hybridized carbons (Fsp3) is 0.154. The maximum absolute atomic E-state index is 2.41. The van der Waals surface area contributed by atoms with Gasteiger partial charge in [-0.25, -0.2) is 0 Å². The van der Waals surface area contributed by atoms with Crippen molar-refractivity contribution in [1.29, 1.82) is 0 Å². The fourth-order valence-corrected chi connectivity index (χ4v) is 11.6. The molecule has 0 radical (unpaired) electrons. The van der Waals surface area contributed by atoms with Crippen LogP contribution >= 0.6 is 45.3 Å². The molecule has 0 saturated carbocycles. The van der Waals surface area contributed by atoms with Gasteiger partial charge >= 0.3 is 0 Å². The SMILES string of the molecule is Cc1ccc2c3sc4c5sc6c(sc7c8ccc(C)cc8n(C)c76)c5sc4c3n(C)c2c1. The molecule has 0 aliphatic rings. The molecule has 0 bridgehead atoms. The Balaban J connectivity index is 1.53. The van der Waals surface area contributed by atoms with Crippen molar-refractivity contribution in [3.63, 3.8) is 0 Å². The molecule has 0 aliphatic carbocycles. The number of thiophene rings is 4. The molecule has 0 atom stereocenters. The molecule has 8 rings (SSSR count). The Bertz CT molecular complexity index is 1930. The lowest BCUT2D eigenvalue weighted by Gasteiger charge is -1.99. The second-order valence-corrected chi connectivity index (χ2v) is 13.0. The second kappa shape index (κ2) is 5.75. The summed E-state index contributed by atoms with van der Waals surface area (Å²) in [6.07, 6.45) is 0. The summed E-state index contributed by atoms with van der Waals surface area (Å²) in [5.41, 5.74) is 8.16. The van der Waals surface area contributed by atoms with Crippen LogP contribution in [0.1, 0.15) is 11.1 Å². The van der Waals surface area contributed by atoms with E-state index in [0.717, 1.165) is 0 Å². The third-order valence-electron chi connectivity index (χ3n) is 6.90. The number of rotatable bonds is 0. The number of hydrogen-bond donors (Lipinski definition) is 0. The van der Waals surface area contributed by atoms with Crippen LogP contribution in [-0.4, -0.2) is 9.13 Å². The van der Waals surface area contributed by atoms with Crippen molar-refractivity contribution in [2.75, 3.05) is 0 Å². The monoisotopic (exact) mass is 486 g/mol. The zero-order valence-corrected chi connectivity index (χ0v) is 21.3. The average molecular weight is 487 g/mol. The van der Waals surface area contributed by atoms with Crippen LogP contribution in [0.25, 0.3) is 70.4 Å². The summed E-state index contributed by atoms with van der Waals surface area (Å²) in [7, 11) is 4.46. The Hall–Kier alpha value is -2.38. The largest absolute Gasteiger partial charge is 0.342 e. The Morgan fingerprint density at radius 3 is 1.31 bits per heavy atom. The van der Waals surface area contributed by atoms with Gasteiger partial charge in [0.05, 0.1) is 48.6 Å². The van der Waals surface area contributed by atoms with E-state index in [1.807, 2.05) is 45.3 Å². The van der Waals surface area contributed by atoms with Crippen molar-refractivity contribution in [3.8, 4) is 0 Å². The smallest absolute Gasteiger partial charge is 0.0780 e. The third-order valence-corrected chi connectivity index (χ3v) is 12.4. The number of fused-ring (bicyclic) bond motifs is 13. The van der Waals surface area contributed by atoms with Gasteiger partial charge in [-0.3, -0.25) is 0 Å². The Kier molecular flexibility index (Phi) is 3.25. The van der Waals surface area contributed by atoms with Gasteiger partial charge in [0.25, 0.3) is 0 Å². The fourth-order valence-electron chi connectivity index (χ4n) is 5.34. The molecule has 6 heterocycles. The molecule has 6 aromatic heterocycles. The number of aryl methyl sites for hydroxylation is 4. The summed E-state index contributed by atoms with van der Waals surface area (Å²) in [4.78, 5) is 0. The minimum atomic E-state index is 1.32. The van der Waals surface area contributed by atoms with Crippen LogP contribution in [0.5, 0.6) is 0 Å². The molecule has 0 N–H and O–H groups in total. The van der Waals surface area contributed by atoms with Gasteiger partial charge in [0.15, 0.2) is 0 Å². The van der Waals surface area contributed by atoms with Gasteiger partial charge in [-0.15, -0.1) is 45.3 Å². The number of hydrogen-bond acceptors (Lipinski definition) is 4. The van der Waals surface area contributed by atoms with Crippen molar-refractivity contribution in [2.24, 2.45) is 14.1 Å². The Morgan fingerprint density at radius 1 is 0.500 bits per heavy atom. The maximum Gasteiger partial charge on any atom is 0.0780 e. The molecule has 0 saturated heterocycles. The highest BCUT2D eigenvalue weighted by molar-refractivity contribution is 7.47. The van der Waals surface area contributed by atoms with Crippen molar-refractivity contribution >= 4 is 116 Å². The van der Waals surface area contributed by atoms with E-state index >= 15 is 0 Å². The van der Waals surface area contributed by atoms with Crippen LogP contribution in [0.15, 0.2) is 36.4 Å². The lowest BCUT2D eigenvalue weighted by atomic mass is 10.2. The van der Waals surface area contributed by atoms with Crippen LogP contribution in [0, 0.1) is 13.8 Å². The van der Waals surface area contributed by atoms with Crippen LogP contribution in [0.4, 0.5) is 0 Å². The van der Waals surface area contributed by atoms with Crippen molar-refractivity contribution in [1.82, 2.24) is 9.13 Å². The number of nitrogens with zero attached hydrogens (tertiary/aromatic N) is 2. The summed E-state index contributed by atoms with van der Waals surface area (Å²) in [5.74, 6) is 0. The summed E-state index contributed by atoms with van der Waals surface area (Å²) in [6.45, 7) is 4.36. The zero-order chi connectivity index (χ0) is 21.5. The first-order valence-corrected chi connectivity index (χ1v) is 13.9. The summed E-state index contributed by atoms with van der Waals surface area (Å²) in [6, 6.07) is 13.7. The second-order valence-electron chi connectivity index (χ2n) is 8.90. The molecule has 6 heteroatoms. The van der Waals surface area contributed by atoms with E-state index in [1.54, 1.807) is 0 Å². The highest BCUT2D eigenvalue weighted by Crippen LogP contribution is 2.55. The summed E-state index contributed by atoms with van der Waals surface area (Å²) in [5, 5.41) is 2.78. The predicted octanol–water partition coefficient (Wildman–Crippen LogP) is 9.30. The molecule has 0 fully saturated rings. The number of benzene rings is 2. The van der Waals surface area contributed by atoms with Crippen molar-refractivity contribution in [2.45, 2.75) is 13.8 Å². The van der Waals surface area contributed by atoms with E-state index in [0.29, 0.717) is 0 Å². The molecule has 0 amide bonds. The van der Waals surface area contributed by atoms with Crippen molar-refractivity contribution < 1.29 is 0 Å². The molecule has 8 aromatic rings. The Labute approximate surface area is 199 Å². The standard InChI is InChI=1S/C26H18N2S4/c1-11-5-7-13-15(9-11)27(3)17-19(13)29-23-21(17)31-26-24-22(32-25(23)26)18-20(30-24)14-8-6-12(2)10-16(14)28(18)4/h5-10H,1-4H3. The van der Waals surface area contributed by atoms with Crippen molar-refractivity contribution in [3.05, 3.63) is 47.5 Å². The molecular formula is C26H18N2S4. The Morgan fingerprint density at radius 2 is 0.875 bits per heavy atom. The molecule has 2 nitrogen and oxygen atoms in total. The van der Waals surface area contributed by atoms with Crippen LogP contribution in [0.3, 0.4) is 0 Å². The molecular weight excluding hydrogens is 469 g/mol.